The number of alkyl carbamates (subject to hydrolysis) is 2. The molecule has 1 fully saturated rings. The summed E-state index contributed by atoms with van der Waals surface area (Å²) in [5.41, 5.74) is -1.44. The molecule has 1 heterocycles. The van der Waals surface area contributed by atoms with Crippen molar-refractivity contribution < 1.29 is 33.8 Å². The number of aliphatic carboxylic acids is 1. The van der Waals surface area contributed by atoms with Gasteiger partial charge in [-0.3, -0.25) is 4.79 Å². The number of carbonyl (C=O) groups excluding carboxylic acids is 3. The van der Waals surface area contributed by atoms with Crippen LogP contribution in [0.3, 0.4) is 0 Å². The molecule has 0 bridgehead atoms. The van der Waals surface area contributed by atoms with Gasteiger partial charge in [-0.1, -0.05) is 21.6 Å². The van der Waals surface area contributed by atoms with E-state index in [-0.39, 0.29) is 17.4 Å². The van der Waals surface area contributed by atoms with Gasteiger partial charge in [0.1, 0.15) is 23.3 Å². The third-order valence-corrected chi connectivity index (χ3v) is 6.37. The van der Waals surface area contributed by atoms with Gasteiger partial charge in [0, 0.05) is 24.6 Å². The highest BCUT2D eigenvalue weighted by atomic mass is 33.1. The van der Waals surface area contributed by atoms with Gasteiger partial charge in [0.05, 0.1) is 0 Å². The number of rotatable bonds is 9. The van der Waals surface area contributed by atoms with Crippen LogP contribution >= 0.6 is 21.6 Å². The number of ether oxygens (including phenoxy) is 2. The molecule has 2 atom stereocenters. The number of carbonyl (C=O) groups is 4. The average Bonchev–Trinajstić information content (AvgIpc) is 3.13. The van der Waals surface area contributed by atoms with E-state index in [0.29, 0.717) is 13.1 Å². The van der Waals surface area contributed by atoms with Crippen molar-refractivity contribution in [3.63, 3.8) is 0 Å². The number of nitrogens with one attached hydrogen (secondary N) is 2. The zero-order valence-corrected chi connectivity index (χ0v) is 21.2. The highest BCUT2D eigenvalue weighted by molar-refractivity contribution is 8.76. The Labute approximate surface area is 197 Å². The molecule has 1 rings (SSSR count). The third-order valence-electron chi connectivity index (χ3n) is 3.95. The molecule has 0 aromatic carbocycles. The molecular formula is C20H35N3O7S2. The quantitative estimate of drug-likeness (QED) is 0.327. The fourth-order valence-corrected chi connectivity index (χ4v) is 4.95. The number of carboxylic acid groups (broad SMARTS) is 1. The van der Waals surface area contributed by atoms with Crippen LogP contribution in [-0.4, -0.2) is 82.0 Å². The lowest BCUT2D eigenvalue weighted by atomic mass is 10.2. The number of carboxylic acids is 1. The predicted octanol–water partition coefficient (Wildman–Crippen LogP) is 2.86. The van der Waals surface area contributed by atoms with E-state index in [4.69, 9.17) is 9.47 Å². The van der Waals surface area contributed by atoms with Gasteiger partial charge >= 0.3 is 18.2 Å². The van der Waals surface area contributed by atoms with Gasteiger partial charge in [0.15, 0.2) is 0 Å². The summed E-state index contributed by atoms with van der Waals surface area (Å²) in [6, 6.07) is -1.96. The Kier molecular flexibility index (Phi) is 11.0. The normalized spacial score (nSPS) is 16.1. The molecule has 0 spiro atoms. The molecule has 0 radical (unpaired) electrons. The van der Waals surface area contributed by atoms with E-state index < -0.39 is 41.4 Å². The molecule has 3 amide bonds. The molecule has 0 aromatic heterocycles. The van der Waals surface area contributed by atoms with Crippen molar-refractivity contribution in [3.05, 3.63) is 0 Å². The molecule has 0 saturated carbocycles. The summed E-state index contributed by atoms with van der Waals surface area (Å²) in [5.74, 6) is -1.11. The Bertz CT molecular complexity index is 671. The highest BCUT2D eigenvalue weighted by Gasteiger charge is 2.30. The Morgan fingerprint density at radius 2 is 1.25 bits per heavy atom. The summed E-state index contributed by atoms with van der Waals surface area (Å²) in [4.78, 5) is 50.1. The van der Waals surface area contributed by atoms with Crippen molar-refractivity contribution in [1.82, 2.24) is 15.5 Å². The second-order valence-electron chi connectivity index (χ2n) is 9.34. The number of hydrogen-bond acceptors (Lipinski definition) is 8. The van der Waals surface area contributed by atoms with Crippen molar-refractivity contribution in [1.29, 1.82) is 0 Å². The fourth-order valence-electron chi connectivity index (χ4n) is 2.64. The lowest BCUT2D eigenvalue weighted by molar-refractivity contribution is -0.138. The SMILES string of the molecule is CC(C)(C)OC(=O)N[C@@H](CSSC[C@H](NC(=O)OC(C)(C)C)C(=O)N1CCCC1)C(=O)O. The van der Waals surface area contributed by atoms with Gasteiger partial charge in [-0.15, -0.1) is 0 Å². The number of amides is 3. The second kappa shape index (κ2) is 12.4. The van der Waals surface area contributed by atoms with E-state index in [1.807, 2.05) is 0 Å². The minimum Gasteiger partial charge on any atom is -0.480 e. The molecule has 10 nitrogen and oxygen atoms in total. The first kappa shape index (κ1) is 28.2. The van der Waals surface area contributed by atoms with Crippen LogP contribution in [0.25, 0.3) is 0 Å². The fraction of sp³-hybridized carbons (Fsp3) is 0.800. The maximum atomic E-state index is 12.8. The molecule has 3 N–H and O–H groups in total. The molecule has 12 heteroatoms. The monoisotopic (exact) mass is 493 g/mol. The minimum absolute atomic E-state index is 0.0519. The minimum atomic E-state index is -1.19. The van der Waals surface area contributed by atoms with Gasteiger partial charge in [-0.25, -0.2) is 14.4 Å². The summed E-state index contributed by atoms with van der Waals surface area (Å²) < 4.78 is 10.4. The molecular weight excluding hydrogens is 458 g/mol. The topological polar surface area (TPSA) is 134 Å². The van der Waals surface area contributed by atoms with E-state index in [0.717, 1.165) is 12.8 Å². The van der Waals surface area contributed by atoms with E-state index in [1.165, 1.54) is 21.6 Å². The predicted molar refractivity (Wildman–Crippen MR) is 125 cm³/mol. The number of likely N-dealkylation sites (tertiary alicyclic amines) is 1. The van der Waals surface area contributed by atoms with Crippen LogP contribution in [0.5, 0.6) is 0 Å². The van der Waals surface area contributed by atoms with Crippen molar-refractivity contribution in [2.24, 2.45) is 0 Å². The van der Waals surface area contributed by atoms with Gasteiger partial charge in [-0.2, -0.15) is 0 Å². The van der Waals surface area contributed by atoms with Gasteiger partial charge in [0.2, 0.25) is 5.91 Å². The molecule has 0 unspecified atom stereocenters. The Morgan fingerprint density at radius 1 is 0.844 bits per heavy atom. The van der Waals surface area contributed by atoms with Crippen LogP contribution in [0.15, 0.2) is 0 Å². The Balaban J connectivity index is 2.63. The molecule has 0 aromatic rings. The number of nitrogens with zero attached hydrogens (tertiary/aromatic N) is 1. The molecule has 32 heavy (non-hydrogen) atoms. The molecule has 184 valence electrons. The summed E-state index contributed by atoms with van der Waals surface area (Å²) in [6.07, 6.45) is 0.340. The first-order chi connectivity index (χ1) is 14.7. The van der Waals surface area contributed by atoms with Crippen LogP contribution in [0.4, 0.5) is 9.59 Å². The maximum Gasteiger partial charge on any atom is 0.408 e. The van der Waals surface area contributed by atoms with E-state index in [9.17, 15) is 24.3 Å². The van der Waals surface area contributed by atoms with Crippen molar-refractivity contribution in [2.45, 2.75) is 77.7 Å². The Hall–Kier alpha value is -1.82. The average molecular weight is 494 g/mol. The highest BCUT2D eigenvalue weighted by Crippen LogP contribution is 2.24. The van der Waals surface area contributed by atoms with Crippen LogP contribution in [0.1, 0.15) is 54.4 Å². The van der Waals surface area contributed by atoms with Crippen molar-refractivity contribution in [2.75, 3.05) is 24.6 Å². The first-order valence-corrected chi connectivity index (χ1v) is 12.9. The zero-order chi connectivity index (χ0) is 24.5. The summed E-state index contributed by atoms with van der Waals surface area (Å²) in [5, 5.41) is 14.3. The lowest BCUT2D eigenvalue weighted by Gasteiger charge is -2.26. The molecule has 1 aliphatic heterocycles. The van der Waals surface area contributed by atoms with Gasteiger partial charge in [0.25, 0.3) is 0 Å². The van der Waals surface area contributed by atoms with E-state index >= 15 is 0 Å². The van der Waals surface area contributed by atoms with Gasteiger partial charge in [-0.05, 0) is 54.4 Å². The van der Waals surface area contributed by atoms with Crippen LogP contribution in [0.2, 0.25) is 0 Å². The smallest absolute Gasteiger partial charge is 0.408 e. The standard InChI is InChI=1S/C20H35N3O7S2/c1-19(2,3)29-17(27)21-13(15(24)23-9-7-8-10-23)11-31-32-12-14(16(25)26)22-18(28)30-20(4,5)6/h13-14H,7-12H2,1-6H3,(H,21,27)(H,22,28)(H,25,26)/t13-,14-/m0/s1. The molecule has 1 saturated heterocycles. The molecule has 1 aliphatic rings. The Morgan fingerprint density at radius 3 is 1.66 bits per heavy atom. The summed E-state index contributed by atoms with van der Waals surface area (Å²) in [6.45, 7) is 11.5. The van der Waals surface area contributed by atoms with Crippen molar-refractivity contribution >= 4 is 45.7 Å². The largest absolute Gasteiger partial charge is 0.480 e. The van der Waals surface area contributed by atoms with Crippen LogP contribution in [0, 0.1) is 0 Å². The molecule has 0 aliphatic carbocycles. The third kappa shape index (κ3) is 11.7. The van der Waals surface area contributed by atoms with Crippen LogP contribution in [-0.2, 0) is 19.1 Å². The summed E-state index contributed by atoms with van der Waals surface area (Å²) in [7, 11) is 2.42. The van der Waals surface area contributed by atoms with Crippen LogP contribution < -0.4 is 10.6 Å². The number of hydrogen-bond donors (Lipinski definition) is 3. The first-order valence-electron chi connectivity index (χ1n) is 10.4. The van der Waals surface area contributed by atoms with Gasteiger partial charge < -0.3 is 30.1 Å². The second-order valence-corrected chi connectivity index (χ2v) is 11.9. The van der Waals surface area contributed by atoms with E-state index in [2.05, 4.69) is 10.6 Å². The van der Waals surface area contributed by atoms with E-state index in [1.54, 1.807) is 46.4 Å². The lowest BCUT2D eigenvalue weighted by Crippen LogP contribution is -2.50. The zero-order valence-electron chi connectivity index (χ0n) is 19.6. The van der Waals surface area contributed by atoms with Crippen molar-refractivity contribution in [3.8, 4) is 0 Å². The maximum absolute atomic E-state index is 12.8. The summed E-state index contributed by atoms with van der Waals surface area (Å²) >= 11 is 0.